The zero-order valence-electron chi connectivity index (χ0n) is 12.1. The molecule has 0 amide bonds. The van der Waals surface area contributed by atoms with Crippen LogP contribution in [0.4, 0.5) is 4.39 Å². The van der Waals surface area contributed by atoms with Crippen molar-refractivity contribution in [2.24, 2.45) is 5.92 Å². The maximum absolute atomic E-state index is 12.8. The van der Waals surface area contributed by atoms with Crippen molar-refractivity contribution in [3.8, 4) is 0 Å². The molecule has 6 nitrogen and oxygen atoms in total. The Kier molecular flexibility index (Phi) is 5.23. The van der Waals surface area contributed by atoms with E-state index in [1.807, 2.05) is 0 Å². The van der Waals surface area contributed by atoms with Crippen molar-refractivity contribution in [3.63, 3.8) is 0 Å². The molecule has 0 aromatic carbocycles. The van der Waals surface area contributed by atoms with Crippen LogP contribution < -0.4 is 4.73 Å². The van der Waals surface area contributed by atoms with Crippen molar-refractivity contribution >= 4 is 11.9 Å². The van der Waals surface area contributed by atoms with Crippen LogP contribution in [0.25, 0.3) is 0 Å². The van der Waals surface area contributed by atoms with Gasteiger partial charge in [-0.2, -0.15) is 4.73 Å². The van der Waals surface area contributed by atoms with E-state index in [-0.39, 0.29) is 23.3 Å². The number of carbonyl (C=O) groups is 2. The number of nitrogens with zero attached hydrogens (tertiary/aromatic N) is 1. The third-order valence-electron chi connectivity index (χ3n) is 2.60. The minimum absolute atomic E-state index is 0.0763. The van der Waals surface area contributed by atoms with Crippen molar-refractivity contribution in [2.45, 2.75) is 39.2 Å². The van der Waals surface area contributed by atoms with Gasteiger partial charge in [-0.1, -0.05) is 0 Å². The average Bonchev–Trinajstić information content (AvgIpc) is 2.28. The Morgan fingerprint density at radius 2 is 2.05 bits per heavy atom. The summed E-state index contributed by atoms with van der Waals surface area (Å²) in [5, 5.41) is 20.6. The fourth-order valence-electron chi connectivity index (χ4n) is 1.73. The monoisotopic (exact) mass is 299 g/mol. The molecule has 0 unspecified atom stereocenters. The maximum atomic E-state index is 12.8. The van der Waals surface area contributed by atoms with Gasteiger partial charge in [0.05, 0.1) is 12.3 Å². The summed E-state index contributed by atoms with van der Waals surface area (Å²) < 4.78 is 18.2. The number of carbonyl (C=O) groups excluding carboxylic acids is 1. The molecular weight excluding hydrogens is 281 g/mol. The first-order chi connectivity index (χ1) is 9.58. The highest BCUT2D eigenvalue weighted by atomic mass is 19.1. The summed E-state index contributed by atoms with van der Waals surface area (Å²) >= 11 is 0. The highest BCUT2D eigenvalue weighted by Gasteiger charge is 2.27. The number of pyridine rings is 1. The lowest BCUT2D eigenvalue weighted by atomic mass is 9.99. The third-order valence-corrected chi connectivity index (χ3v) is 2.60. The average molecular weight is 299 g/mol. The van der Waals surface area contributed by atoms with Crippen LogP contribution in [0.15, 0.2) is 18.3 Å². The van der Waals surface area contributed by atoms with Crippen LogP contribution in [0.3, 0.4) is 0 Å². The number of halogens is 1. The summed E-state index contributed by atoms with van der Waals surface area (Å²) in [6.07, 6.45) is 0.171. The summed E-state index contributed by atoms with van der Waals surface area (Å²) in [6, 6.07) is 2.27. The molecule has 1 heterocycles. The second kappa shape index (κ2) is 6.51. The lowest BCUT2D eigenvalue weighted by Crippen LogP contribution is -2.35. The Hall–Kier alpha value is -2.18. The first kappa shape index (κ1) is 16.9. The van der Waals surface area contributed by atoms with E-state index < -0.39 is 29.3 Å². The molecule has 0 aliphatic rings. The fourth-order valence-corrected chi connectivity index (χ4v) is 1.73. The van der Waals surface area contributed by atoms with Gasteiger partial charge in [0.2, 0.25) is 6.20 Å². The summed E-state index contributed by atoms with van der Waals surface area (Å²) in [5.74, 6) is -3.70. The van der Waals surface area contributed by atoms with Crippen LogP contribution in [0.5, 0.6) is 0 Å². The standard InChI is InChI=1S/C14H18FNO5/c1-14(2,3)21-12(17)7-9(13(18)19)6-11-5-4-10(15)8-16(11)20/h4-5,8-9H,6-7H2,1-3H3,(H,18,19)/t9-/m1/s1. The molecule has 1 aromatic rings. The zero-order valence-corrected chi connectivity index (χ0v) is 12.1. The maximum Gasteiger partial charge on any atom is 0.307 e. The molecule has 0 bridgehead atoms. The number of carboxylic acid groups (broad SMARTS) is 1. The van der Waals surface area contributed by atoms with Gasteiger partial charge in [0, 0.05) is 12.5 Å². The van der Waals surface area contributed by atoms with Gasteiger partial charge in [-0.15, -0.1) is 0 Å². The van der Waals surface area contributed by atoms with E-state index in [1.54, 1.807) is 20.8 Å². The first-order valence-corrected chi connectivity index (χ1v) is 6.41. The molecule has 0 radical (unpaired) electrons. The molecule has 116 valence electrons. The van der Waals surface area contributed by atoms with Gasteiger partial charge in [-0.3, -0.25) is 9.59 Å². The van der Waals surface area contributed by atoms with E-state index in [0.717, 1.165) is 6.07 Å². The first-order valence-electron chi connectivity index (χ1n) is 6.41. The van der Waals surface area contributed by atoms with Crippen LogP contribution in [-0.2, 0) is 20.7 Å². The number of aliphatic carboxylic acids is 1. The molecule has 1 aromatic heterocycles. The van der Waals surface area contributed by atoms with Gasteiger partial charge in [0.25, 0.3) is 0 Å². The molecule has 7 heteroatoms. The number of esters is 1. The van der Waals surface area contributed by atoms with Gasteiger partial charge >= 0.3 is 11.9 Å². The third kappa shape index (κ3) is 5.76. The minimum atomic E-state index is -1.22. The Balaban J connectivity index is 2.79. The summed E-state index contributed by atoms with van der Waals surface area (Å²) in [5.41, 5.74) is -0.638. The van der Waals surface area contributed by atoms with Crippen molar-refractivity contribution < 1.29 is 28.6 Å². The smallest absolute Gasteiger partial charge is 0.307 e. The Labute approximate surface area is 121 Å². The van der Waals surface area contributed by atoms with Gasteiger partial charge in [0.15, 0.2) is 11.5 Å². The molecule has 1 rings (SSSR count). The summed E-state index contributed by atoms with van der Waals surface area (Å²) in [6.45, 7) is 5.02. The molecule has 21 heavy (non-hydrogen) atoms. The van der Waals surface area contributed by atoms with E-state index in [0.29, 0.717) is 6.20 Å². The van der Waals surface area contributed by atoms with Gasteiger partial charge in [0.1, 0.15) is 5.60 Å². The summed E-state index contributed by atoms with van der Waals surface area (Å²) in [4.78, 5) is 22.9. The molecule has 0 aliphatic carbocycles. The van der Waals surface area contributed by atoms with E-state index >= 15 is 0 Å². The molecular formula is C14H18FNO5. The quantitative estimate of drug-likeness (QED) is 0.504. The van der Waals surface area contributed by atoms with Crippen LogP contribution >= 0.6 is 0 Å². The van der Waals surface area contributed by atoms with Crippen molar-refractivity contribution in [2.75, 3.05) is 0 Å². The number of hydrogen-bond donors (Lipinski definition) is 1. The van der Waals surface area contributed by atoms with Gasteiger partial charge in [-0.25, -0.2) is 4.39 Å². The van der Waals surface area contributed by atoms with Crippen LogP contribution in [0, 0.1) is 16.9 Å². The second-order valence-corrected chi connectivity index (χ2v) is 5.69. The Morgan fingerprint density at radius 3 is 2.52 bits per heavy atom. The van der Waals surface area contributed by atoms with E-state index in [2.05, 4.69) is 0 Å². The SMILES string of the molecule is CC(C)(C)OC(=O)C[C@@H](Cc1ccc(F)c[n+]1[O-])C(=O)O. The van der Waals surface area contributed by atoms with Gasteiger partial charge in [-0.05, 0) is 26.8 Å². The Morgan fingerprint density at radius 1 is 1.43 bits per heavy atom. The number of rotatable bonds is 5. The molecule has 0 spiro atoms. The minimum Gasteiger partial charge on any atom is -0.618 e. The largest absolute Gasteiger partial charge is 0.618 e. The highest BCUT2D eigenvalue weighted by Crippen LogP contribution is 2.15. The lowest BCUT2D eigenvalue weighted by Gasteiger charge is -2.20. The van der Waals surface area contributed by atoms with Crippen molar-refractivity contribution in [3.05, 3.63) is 35.0 Å². The van der Waals surface area contributed by atoms with Crippen LogP contribution in [0.2, 0.25) is 0 Å². The topological polar surface area (TPSA) is 90.5 Å². The molecule has 0 aliphatic heterocycles. The van der Waals surface area contributed by atoms with Crippen LogP contribution in [0.1, 0.15) is 32.9 Å². The van der Waals surface area contributed by atoms with E-state index in [9.17, 15) is 19.2 Å². The van der Waals surface area contributed by atoms with Crippen molar-refractivity contribution in [1.29, 1.82) is 0 Å². The molecule has 0 fully saturated rings. The number of hydrogen-bond acceptors (Lipinski definition) is 4. The molecule has 0 saturated carbocycles. The van der Waals surface area contributed by atoms with E-state index in [1.165, 1.54) is 6.07 Å². The van der Waals surface area contributed by atoms with Gasteiger partial charge < -0.3 is 15.1 Å². The predicted molar refractivity (Wildman–Crippen MR) is 70.7 cm³/mol. The number of carboxylic acids is 1. The lowest BCUT2D eigenvalue weighted by molar-refractivity contribution is -0.616. The summed E-state index contributed by atoms with van der Waals surface area (Å²) in [7, 11) is 0. The van der Waals surface area contributed by atoms with Crippen molar-refractivity contribution in [1.82, 2.24) is 0 Å². The van der Waals surface area contributed by atoms with E-state index in [4.69, 9.17) is 9.84 Å². The second-order valence-electron chi connectivity index (χ2n) is 5.69. The fraction of sp³-hybridized carbons (Fsp3) is 0.500. The number of aromatic nitrogens is 1. The zero-order chi connectivity index (χ0) is 16.2. The molecule has 1 N–H and O–H groups in total. The Bertz CT molecular complexity index is 539. The normalized spacial score (nSPS) is 12.8. The number of ether oxygens (including phenoxy) is 1. The molecule has 0 saturated heterocycles. The predicted octanol–water partition coefficient (Wildman–Crippen LogP) is 1.43. The highest BCUT2D eigenvalue weighted by molar-refractivity contribution is 5.79. The van der Waals surface area contributed by atoms with Crippen LogP contribution in [-0.4, -0.2) is 22.6 Å². The molecule has 1 atom stereocenters.